The average molecular weight is 409 g/mol. The summed E-state index contributed by atoms with van der Waals surface area (Å²) in [7, 11) is -1.74. The van der Waals surface area contributed by atoms with Crippen molar-refractivity contribution in [2.75, 3.05) is 6.26 Å². The number of hydrogen-bond donors (Lipinski definition) is 0. The number of benzene rings is 2. The van der Waals surface area contributed by atoms with Crippen LogP contribution in [0.5, 0.6) is 0 Å². The molecule has 0 N–H and O–H groups in total. The molecule has 0 aliphatic heterocycles. The molecule has 0 aliphatic carbocycles. The van der Waals surface area contributed by atoms with Crippen molar-refractivity contribution in [3.05, 3.63) is 65.7 Å². The highest BCUT2D eigenvalue weighted by Gasteiger charge is 2.41. The van der Waals surface area contributed by atoms with Gasteiger partial charge in [-0.05, 0) is 46.5 Å². The van der Waals surface area contributed by atoms with Crippen LogP contribution in [0.1, 0.15) is 58.6 Å². The molecule has 2 heteroatoms. The fraction of sp³-hybridized carbons (Fsp3) is 0.462. The second-order valence-corrected chi connectivity index (χ2v) is 15.1. The summed E-state index contributed by atoms with van der Waals surface area (Å²) in [5.41, 5.74) is 8.71. The average Bonchev–Trinajstić information content (AvgIpc) is 2.67. The van der Waals surface area contributed by atoms with Crippen LogP contribution in [0.15, 0.2) is 59.5 Å². The van der Waals surface area contributed by atoms with Crippen LogP contribution in [0.4, 0.5) is 0 Å². The molecule has 0 heterocycles. The normalized spacial score (nSPS) is 12.9. The lowest BCUT2D eigenvalue weighted by molar-refractivity contribution is 0.829. The number of rotatable bonds is 7. The maximum atomic E-state index is 3.98. The highest BCUT2D eigenvalue weighted by atomic mass is 32.2. The van der Waals surface area contributed by atoms with Gasteiger partial charge in [0.25, 0.3) is 0 Å². The third-order valence-corrected chi connectivity index (χ3v) is 13.2. The Kier molecular flexibility index (Phi) is 8.47. The summed E-state index contributed by atoms with van der Waals surface area (Å²) >= 11 is 1.83. The Morgan fingerprint density at radius 2 is 1.32 bits per heavy atom. The van der Waals surface area contributed by atoms with Gasteiger partial charge in [0.05, 0.1) is 0 Å². The Bertz CT molecular complexity index is 774. The Morgan fingerprint density at radius 3 is 1.86 bits per heavy atom. The van der Waals surface area contributed by atoms with Gasteiger partial charge in [-0.2, -0.15) is 0 Å². The minimum absolute atomic E-state index is 0.245. The van der Waals surface area contributed by atoms with E-state index in [1.165, 1.54) is 16.0 Å². The van der Waals surface area contributed by atoms with Crippen LogP contribution in [0.3, 0.4) is 0 Å². The molecule has 2 rings (SSSR count). The van der Waals surface area contributed by atoms with Crippen LogP contribution in [0.25, 0.3) is 0 Å². The Balaban J connectivity index is 2.55. The topological polar surface area (TPSA) is 0 Å². The van der Waals surface area contributed by atoms with Crippen molar-refractivity contribution in [1.29, 1.82) is 0 Å². The van der Waals surface area contributed by atoms with E-state index >= 15 is 0 Å². The summed E-state index contributed by atoms with van der Waals surface area (Å²) in [5, 5.41) is 0. The molecule has 0 aliphatic rings. The number of thioether (sulfide) groups is 1. The lowest BCUT2D eigenvalue weighted by Crippen LogP contribution is -2.43. The van der Waals surface area contributed by atoms with Crippen LogP contribution in [-0.2, 0) is 6.42 Å². The number of hydrogen-bond acceptors (Lipinski definition) is 1. The van der Waals surface area contributed by atoms with E-state index in [1.807, 2.05) is 11.8 Å². The van der Waals surface area contributed by atoms with Crippen molar-refractivity contribution in [3.63, 3.8) is 0 Å². The van der Waals surface area contributed by atoms with Crippen molar-refractivity contribution < 1.29 is 0 Å². The van der Waals surface area contributed by atoms with Gasteiger partial charge in [0, 0.05) is 10.8 Å². The fourth-order valence-electron chi connectivity index (χ4n) is 4.69. The van der Waals surface area contributed by atoms with Crippen molar-refractivity contribution in [3.8, 4) is 11.5 Å². The largest absolute Gasteiger partial charge is 0.145 e. The lowest BCUT2D eigenvalue weighted by Gasteiger charge is -2.38. The lowest BCUT2D eigenvalue weighted by atomic mass is 9.93. The van der Waals surface area contributed by atoms with E-state index in [0.29, 0.717) is 16.6 Å². The molecule has 150 valence electrons. The summed E-state index contributed by atoms with van der Waals surface area (Å²) in [4.78, 5) is 1.35. The molecule has 1 atom stereocenters. The maximum absolute atomic E-state index is 3.98. The predicted molar refractivity (Wildman–Crippen MR) is 130 cm³/mol. The second kappa shape index (κ2) is 10.4. The Morgan fingerprint density at radius 1 is 0.786 bits per heavy atom. The second-order valence-electron chi connectivity index (χ2n) is 8.65. The zero-order chi connectivity index (χ0) is 20.7. The molecular formula is C26H36SSi. The predicted octanol–water partition coefficient (Wildman–Crippen LogP) is 7.96. The first-order valence-electron chi connectivity index (χ1n) is 10.5. The third-order valence-electron chi connectivity index (χ3n) is 6.13. The molecular weight excluding hydrogens is 372 g/mol. The van der Waals surface area contributed by atoms with E-state index in [0.717, 1.165) is 6.42 Å². The molecule has 0 radical (unpaired) electrons. The van der Waals surface area contributed by atoms with Crippen LogP contribution in [0, 0.1) is 11.5 Å². The van der Waals surface area contributed by atoms with Crippen LogP contribution >= 0.6 is 11.8 Å². The SMILES string of the molecule is CSc1ccccc1C(C#C[Si](C(C)C)(C(C)C)C(C)C)Cc1ccccc1. The summed E-state index contributed by atoms with van der Waals surface area (Å²) in [6, 6.07) is 19.6. The van der Waals surface area contributed by atoms with E-state index < -0.39 is 8.07 Å². The van der Waals surface area contributed by atoms with Crippen molar-refractivity contribution in [2.24, 2.45) is 0 Å². The maximum Gasteiger partial charge on any atom is 0.145 e. The van der Waals surface area contributed by atoms with Crippen molar-refractivity contribution in [1.82, 2.24) is 0 Å². The van der Waals surface area contributed by atoms with Crippen molar-refractivity contribution in [2.45, 2.75) is 75.4 Å². The first-order valence-corrected chi connectivity index (χ1v) is 14.0. The highest BCUT2D eigenvalue weighted by molar-refractivity contribution is 7.98. The highest BCUT2D eigenvalue weighted by Crippen LogP contribution is 2.41. The summed E-state index contributed by atoms with van der Waals surface area (Å²) < 4.78 is 0. The summed E-state index contributed by atoms with van der Waals surface area (Å²) in [6.07, 6.45) is 3.14. The van der Waals surface area contributed by atoms with E-state index in [9.17, 15) is 0 Å². The molecule has 2 aromatic rings. The molecule has 0 saturated heterocycles. The minimum Gasteiger partial charge on any atom is -0.130 e. The third kappa shape index (κ3) is 5.13. The standard InChI is InChI=1S/C26H36SSi/c1-20(2)28(21(3)4,22(5)6)18-17-24(19-23-13-9-8-10-14-23)25-15-11-12-16-26(25)27-7/h8-16,20-22,24H,19H2,1-7H3. The molecule has 0 nitrogen and oxygen atoms in total. The smallest absolute Gasteiger partial charge is 0.130 e. The van der Waals surface area contributed by atoms with Crippen LogP contribution in [0.2, 0.25) is 16.6 Å². The van der Waals surface area contributed by atoms with Crippen LogP contribution < -0.4 is 0 Å². The van der Waals surface area contributed by atoms with E-state index in [4.69, 9.17) is 0 Å². The van der Waals surface area contributed by atoms with Gasteiger partial charge < -0.3 is 0 Å². The molecule has 1 unspecified atom stereocenters. The molecule has 0 saturated carbocycles. The van der Waals surface area contributed by atoms with Gasteiger partial charge in [-0.25, -0.2) is 0 Å². The van der Waals surface area contributed by atoms with Gasteiger partial charge in [-0.15, -0.1) is 23.2 Å². The molecule has 28 heavy (non-hydrogen) atoms. The molecule has 0 amide bonds. The molecule has 0 fully saturated rings. The zero-order valence-corrected chi connectivity index (χ0v) is 20.4. The Labute approximate surface area is 178 Å². The first-order chi connectivity index (χ1) is 13.3. The van der Waals surface area contributed by atoms with Gasteiger partial charge in [0.1, 0.15) is 8.07 Å². The molecule has 2 aromatic carbocycles. The van der Waals surface area contributed by atoms with Crippen molar-refractivity contribution >= 4 is 19.8 Å². The summed E-state index contributed by atoms with van der Waals surface area (Å²) in [6.45, 7) is 14.4. The fourth-order valence-corrected chi connectivity index (χ4v) is 10.6. The van der Waals surface area contributed by atoms with E-state index in [1.54, 1.807) is 0 Å². The van der Waals surface area contributed by atoms with Crippen LogP contribution in [-0.4, -0.2) is 14.3 Å². The summed E-state index contributed by atoms with van der Waals surface area (Å²) in [5.74, 6) is 4.09. The van der Waals surface area contributed by atoms with Gasteiger partial charge >= 0.3 is 0 Å². The minimum atomic E-state index is -1.74. The van der Waals surface area contributed by atoms with Gasteiger partial charge in [-0.3, -0.25) is 0 Å². The van der Waals surface area contributed by atoms with Gasteiger partial charge in [-0.1, -0.05) is 90.1 Å². The van der Waals surface area contributed by atoms with Gasteiger partial charge in [0.2, 0.25) is 0 Å². The van der Waals surface area contributed by atoms with E-state index in [2.05, 4.69) is 114 Å². The molecule has 0 spiro atoms. The monoisotopic (exact) mass is 408 g/mol. The van der Waals surface area contributed by atoms with E-state index in [-0.39, 0.29) is 5.92 Å². The molecule has 0 aromatic heterocycles. The Hall–Kier alpha value is -1.43. The first kappa shape index (κ1) is 22.9. The zero-order valence-electron chi connectivity index (χ0n) is 18.6. The quantitative estimate of drug-likeness (QED) is 0.254. The van der Waals surface area contributed by atoms with Gasteiger partial charge in [0.15, 0.2) is 0 Å². The molecule has 0 bridgehead atoms.